The second kappa shape index (κ2) is 4.10. The smallest absolute Gasteiger partial charge is 0.118 e. The SMILES string of the molecule is COc1ccc([C@H]2CN[C@@H]3CCC[C@H]23)cc1. The average Bonchev–Trinajstić information content (AvgIpc) is 2.91. The molecular weight excluding hydrogens is 198 g/mol. The topological polar surface area (TPSA) is 21.3 Å². The van der Waals surface area contributed by atoms with Gasteiger partial charge in [0.1, 0.15) is 5.75 Å². The van der Waals surface area contributed by atoms with Crippen LogP contribution in [0.5, 0.6) is 5.75 Å². The zero-order chi connectivity index (χ0) is 11.0. The van der Waals surface area contributed by atoms with Crippen LogP contribution in [0.25, 0.3) is 0 Å². The molecule has 1 N–H and O–H groups in total. The van der Waals surface area contributed by atoms with Gasteiger partial charge in [0.15, 0.2) is 0 Å². The van der Waals surface area contributed by atoms with Gasteiger partial charge in [-0.05, 0) is 36.5 Å². The molecule has 0 amide bonds. The summed E-state index contributed by atoms with van der Waals surface area (Å²) in [4.78, 5) is 0. The standard InChI is InChI=1S/C14H19NO/c1-16-11-7-5-10(6-8-11)13-9-15-14-4-2-3-12(13)14/h5-8,12-15H,2-4,9H2,1H3/t12-,13-,14-/m1/s1. The largest absolute Gasteiger partial charge is 0.497 e. The molecule has 86 valence electrons. The number of benzene rings is 1. The van der Waals surface area contributed by atoms with Crippen LogP contribution in [-0.4, -0.2) is 19.7 Å². The molecule has 1 saturated carbocycles. The van der Waals surface area contributed by atoms with Crippen molar-refractivity contribution >= 4 is 0 Å². The van der Waals surface area contributed by atoms with E-state index in [1.54, 1.807) is 7.11 Å². The molecule has 1 aliphatic carbocycles. The van der Waals surface area contributed by atoms with E-state index >= 15 is 0 Å². The lowest BCUT2D eigenvalue weighted by molar-refractivity contribution is 0.414. The maximum atomic E-state index is 5.20. The van der Waals surface area contributed by atoms with E-state index in [0.29, 0.717) is 0 Å². The van der Waals surface area contributed by atoms with Gasteiger partial charge in [0.25, 0.3) is 0 Å². The first kappa shape index (κ1) is 10.2. The first-order chi connectivity index (χ1) is 7.88. The molecule has 0 unspecified atom stereocenters. The monoisotopic (exact) mass is 217 g/mol. The molecule has 0 spiro atoms. The lowest BCUT2D eigenvalue weighted by Gasteiger charge is -2.17. The fraction of sp³-hybridized carbons (Fsp3) is 0.571. The Labute approximate surface area is 97.0 Å². The second-order valence-electron chi connectivity index (χ2n) is 4.99. The molecule has 3 rings (SSSR count). The van der Waals surface area contributed by atoms with E-state index in [-0.39, 0.29) is 0 Å². The van der Waals surface area contributed by atoms with Crippen molar-refractivity contribution in [1.29, 1.82) is 0 Å². The van der Waals surface area contributed by atoms with Gasteiger partial charge >= 0.3 is 0 Å². The lowest BCUT2D eigenvalue weighted by Crippen LogP contribution is -2.21. The van der Waals surface area contributed by atoms with Gasteiger partial charge in [-0.1, -0.05) is 18.6 Å². The summed E-state index contributed by atoms with van der Waals surface area (Å²) in [6, 6.07) is 9.40. The van der Waals surface area contributed by atoms with Gasteiger partial charge in [-0.15, -0.1) is 0 Å². The van der Waals surface area contributed by atoms with Gasteiger partial charge < -0.3 is 10.1 Å². The summed E-state index contributed by atoms with van der Waals surface area (Å²) in [5.41, 5.74) is 1.47. The van der Waals surface area contributed by atoms with Crippen LogP contribution in [0.4, 0.5) is 0 Å². The Morgan fingerprint density at radius 3 is 2.75 bits per heavy atom. The van der Waals surface area contributed by atoms with Crippen molar-refractivity contribution in [3.05, 3.63) is 29.8 Å². The third-order valence-corrected chi connectivity index (χ3v) is 4.23. The normalized spacial score (nSPS) is 32.7. The van der Waals surface area contributed by atoms with Crippen LogP contribution in [0.15, 0.2) is 24.3 Å². The lowest BCUT2D eigenvalue weighted by atomic mass is 9.86. The zero-order valence-corrected chi connectivity index (χ0v) is 9.78. The molecular formula is C14H19NO. The molecule has 3 atom stereocenters. The molecule has 2 nitrogen and oxygen atoms in total. The van der Waals surface area contributed by atoms with E-state index in [0.717, 1.165) is 30.2 Å². The van der Waals surface area contributed by atoms with Gasteiger partial charge in [0.05, 0.1) is 7.11 Å². The number of ether oxygens (including phenoxy) is 1. The molecule has 0 aromatic heterocycles. The Bertz CT molecular complexity index is 360. The molecule has 1 heterocycles. The van der Waals surface area contributed by atoms with Crippen molar-refractivity contribution in [2.45, 2.75) is 31.2 Å². The maximum Gasteiger partial charge on any atom is 0.118 e. The highest BCUT2D eigenvalue weighted by Crippen LogP contribution is 2.41. The van der Waals surface area contributed by atoms with Crippen LogP contribution >= 0.6 is 0 Å². The van der Waals surface area contributed by atoms with E-state index in [9.17, 15) is 0 Å². The van der Waals surface area contributed by atoms with Crippen LogP contribution in [0.2, 0.25) is 0 Å². The van der Waals surface area contributed by atoms with Crippen molar-refractivity contribution in [3.63, 3.8) is 0 Å². The minimum Gasteiger partial charge on any atom is -0.497 e. The molecule has 1 aromatic carbocycles. The summed E-state index contributed by atoms with van der Waals surface area (Å²) in [6.07, 6.45) is 4.17. The highest BCUT2D eigenvalue weighted by atomic mass is 16.5. The highest BCUT2D eigenvalue weighted by Gasteiger charge is 2.39. The van der Waals surface area contributed by atoms with Gasteiger partial charge in [0.2, 0.25) is 0 Å². The number of hydrogen-bond donors (Lipinski definition) is 1. The fourth-order valence-electron chi connectivity index (χ4n) is 3.37. The van der Waals surface area contributed by atoms with Gasteiger partial charge in [-0.2, -0.15) is 0 Å². The predicted octanol–water partition coefficient (Wildman–Crippen LogP) is 2.55. The minimum atomic E-state index is 0.721. The Hall–Kier alpha value is -1.02. The molecule has 0 radical (unpaired) electrons. The van der Waals surface area contributed by atoms with Crippen LogP contribution in [0.3, 0.4) is 0 Å². The van der Waals surface area contributed by atoms with E-state index in [4.69, 9.17) is 4.74 Å². The van der Waals surface area contributed by atoms with Crippen molar-refractivity contribution in [2.24, 2.45) is 5.92 Å². The van der Waals surface area contributed by atoms with E-state index in [1.807, 2.05) is 0 Å². The second-order valence-corrected chi connectivity index (χ2v) is 4.99. The first-order valence-corrected chi connectivity index (χ1v) is 6.26. The van der Waals surface area contributed by atoms with Crippen molar-refractivity contribution < 1.29 is 4.74 Å². The van der Waals surface area contributed by atoms with Crippen molar-refractivity contribution in [3.8, 4) is 5.75 Å². The third kappa shape index (κ3) is 1.61. The van der Waals surface area contributed by atoms with Gasteiger partial charge in [-0.25, -0.2) is 0 Å². The predicted molar refractivity (Wildman–Crippen MR) is 64.9 cm³/mol. The molecule has 0 bridgehead atoms. The van der Waals surface area contributed by atoms with Crippen LogP contribution < -0.4 is 10.1 Å². The quantitative estimate of drug-likeness (QED) is 0.822. The molecule has 1 aromatic rings. The zero-order valence-electron chi connectivity index (χ0n) is 9.78. The molecule has 2 heteroatoms. The van der Waals surface area contributed by atoms with E-state index in [1.165, 1.54) is 24.8 Å². The highest BCUT2D eigenvalue weighted by molar-refractivity contribution is 5.31. The van der Waals surface area contributed by atoms with E-state index < -0.39 is 0 Å². The summed E-state index contributed by atoms with van der Waals surface area (Å²) in [5.74, 6) is 2.55. The minimum absolute atomic E-state index is 0.721. The number of rotatable bonds is 2. The Morgan fingerprint density at radius 2 is 2.00 bits per heavy atom. The molecule has 2 fully saturated rings. The summed E-state index contributed by atoms with van der Waals surface area (Å²) in [5, 5.41) is 3.66. The number of hydrogen-bond acceptors (Lipinski definition) is 2. The van der Waals surface area contributed by atoms with Crippen LogP contribution in [-0.2, 0) is 0 Å². The van der Waals surface area contributed by atoms with Crippen LogP contribution in [0.1, 0.15) is 30.7 Å². The van der Waals surface area contributed by atoms with Gasteiger partial charge in [0, 0.05) is 18.5 Å². The fourth-order valence-corrected chi connectivity index (χ4v) is 3.37. The summed E-state index contributed by atoms with van der Waals surface area (Å²) < 4.78 is 5.20. The summed E-state index contributed by atoms with van der Waals surface area (Å²) in [6.45, 7) is 1.15. The molecule has 16 heavy (non-hydrogen) atoms. The molecule has 1 aliphatic heterocycles. The molecule has 1 saturated heterocycles. The Kier molecular flexibility index (Phi) is 2.60. The third-order valence-electron chi connectivity index (χ3n) is 4.23. The van der Waals surface area contributed by atoms with Crippen LogP contribution in [0, 0.1) is 5.92 Å². The molecule has 2 aliphatic rings. The van der Waals surface area contributed by atoms with Crippen molar-refractivity contribution in [2.75, 3.05) is 13.7 Å². The summed E-state index contributed by atoms with van der Waals surface area (Å²) in [7, 11) is 1.72. The average molecular weight is 217 g/mol. The van der Waals surface area contributed by atoms with E-state index in [2.05, 4.69) is 29.6 Å². The van der Waals surface area contributed by atoms with Gasteiger partial charge in [-0.3, -0.25) is 0 Å². The first-order valence-electron chi connectivity index (χ1n) is 6.26. The Balaban J connectivity index is 1.81. The number of fused-ring (bicyclic) bond motifs is 1. The number of methoxy groups -OCH3 is 1. The Morgan fingerprint density at radius 1 is 1.19 bits per heavy atom. The number of nitrogens with one attached hydrogen (secondary N) is 1. The maximum absolute atomic E-state index is 5.20. The van der Waals surface area contributed by atoms with Crippen molar-refractivity contribution in [1.82, 2.24) is 5.32 Å². The summed E-state index contributed by atoms with van der Waals surface area (Å²) >= 11 is 0.